The van der Waals surface area contributed by atoms with Gasteiger partial charge in [0.05, 0.1) is 5.69 Å². The summed E-state index contributed by atoms with van der Waals surface area (Å²) in [7, 11) is 2.06. The summed E-state index contributed by atoms with van der Waals surface area (Å²) in [5.41, 5.74) is 1.21. The molecule has 2 aromatic heterocycles. The van der Waals surface area contributed by atoms with Gasteiger partial charge in [0.15, 0.2) is 4.96 Å². The maximum absolute atomic E-state index is 4.64. The van der Waals surface area contributed by atoms with Crippen LogP contribution in [0.15, 0.2) is 17.8 Å². The molecule has 1 aliphatic rings. The highest BCUT2D eigenvalue weighted by Crippen LogP contribution is 2.41. The first-order chi connectivity index (χ1) is 7.78. The van der Waals surface area contributed by atoms with Crippen LogP contribution >= 0.6 is 11.3 Å². The second kappa shape index (κ2) is 3.86. The van der Waals surface area contributed by atoms with Gasteiger partial charge in [-0.1, -0.05) is 6.92 Å². The lowest BCUT2D eigenvalue weighted by molar-refractivity contribution is 0.476. The molecule has 0 bridgehead atoms. The Hall–Kier alpha value is -0.870. The molecule has 1 N–H and O–H groups in total. The summed E-state index contributed by atoms with van der Waals surface area (Å²) in [6.07, 6.45) is 6.65. The number of likely N-dealkylation sites (N-methyl/N-ethyl adjacent to an activating group) is 1. The largest absolute Gasteiger partial charge is 0.316 e. The highest BCUT2D eigenvalue weighted by Gasteiger charge is 2.38. The van der Waals surface area contributed by atoms with Gasteiger partial charge >= 0.3 is 0 Å². The standard InChI is InChI=1S/C12H17N3S/c1-8-5-10(8)11(13-2)6-9-7-15-3-4-16-12(15)14-9/h3-4,7-8,10-11,13H,5-6H2,1-2H3. The van der Waals surface area contributed by atoms with Crippen LogP contribution in [-0.4, -0.2) is 22.5 Å². The van der Waals surface area contributed by atoms with Gasteiger partial charge in [0.2, 0.25) is 0 Å². The van der Waals surface area contributed by atoms with E-state index in [2.05, 4.69) is 46.4 Å². The van der Waals surface area contributed by atoms with Crippen molar-refractivity contribution in [3.8, 4) is 0 Å². The molecule has 16 heavy (non-hydrogen) atoms. The number of aromatic nitrogens is 2. The first kappa shape index (κ1) is 10.3. The highest BCUT2D eigenvalue weighted by atomic mass is 32.1. The van der Waals surface area contributed by atoms with E-state index in [1.54, 1.807) is 11.3 Å². The molecule has 3 nitrogen and oxygen atoms in total. The molecule has 1 aliphatic carbocycles. The summed E-state index contributed by atoms with van der Waals surface area (Å²) in [4.78, 5) is 5.74. The van der Waals surface area contributed by atoms with Crippen LogP contribution in [0.2, 0.25) is 0 Å². The summed E-state index contributed by atoms with van der Waals surface area (Å²) in [5.74, 6) is 1.74. The van der Waals surface area contributed by atoms with Crippen LogP contribution in [0.1, 0.15) is 19.0 Å². The van der Waals surface area contributed by atoms with E-state index in [1.165, 1.54) is 12.1 Å². The third-order valence-electron chi connectivity index (χ3n) is 3.63. The van der Waals surface area contributed by atoms with Crippen LogP contribution in [0.4, 0.5) is 0 Å². The van der Waals surface area contributed by atoms with Crippen molar-refractivity contribution >= 4 is 16.3 Å². The number of hydrogen-bond acceptors (Lipinski definition) is 3. The molecular formula is C12H17N3S. The van der Waals surface area contributed by atoms with Gasteiger partial charge in [-0.15, -0.1) is 11.3 Å². The van der Waals surface area contributed by atoms with Crippen molar-refractivity contribution in [1.29, 1.82) is 0 Å². The van der Waals surface area contributed by atoms with Gasteiger partial charge in [-0.2, -0.15) is 0 Å². The number of thiazole rings is 1. The van der Waals surface area contributed by atoms with Crippen LogP contribution < -0.4 is 5.32 Å². The zero-order valence-electron chi connectivity index (χ0n) is 9.68. The van der Waals surface area contributed by atoms with Crippen LogP contribution in [0, 0.1) is 11.8 Å². The summed E-state index contributed by atoms with van der Waals surface area (Å²) < 4.78 is 2.11. The first-order valence-electron chi connectivity index (χ1n) is 5.86. The van der Waals surface area contributed by atoms with Gasteiger partial charge in [-0.05, 0) is 25.3 Å². The normalized spacial score (nSPS) is 26.1. The number of nitrogens with one attached hydrogen (secondary N) is 1. The Labute approximate surface area is 99.5 Å². The van der Waals surface area contributed by atoms with Crippen LogP contribution in [-0.2, 0) is 6.42 Å². The molecule has 1 saturated carbocycles. The molecular weight excluding hydrogens is 218 g/mol. The van der Waals surface area contributed by atoms with Crippen molar-refractivity contribution in [2.75, 3.05) is 7.05 Å². The molecule has 3 atom stereocenters. The second-order valence-corrected chi connectivity index (χ2v) is 5.67. The van der Waals surface area contributed by atoms with Crippen molar-refractivity contribution in [3.63, 3.8) is 0 Å². The molecule has 0 saturated heterocycles. The molecule has 0 aromatic carbocycles. The van der Waals surface area contributed by atoms with Gasteiger partial charge in [0, 0.05) is 30.2 Å². The van der Waals surface area contributed by atoms with Crippen LogP contribution in [0.25, 0.3) is 4.96 Å². The average molecular weight is 235 g/mol. The first-order valence-corrected chi connectivity index (χ1v) is 6.74. The van der Waals surface area contributed by atoms with E-state index < -0.39 is 0 Å². The van der Waals surface area contributed by atoms with Crippen molar-refractivity contribution < 1.29 is 0 Å². The summed E-state index contributed by atoms with van der Waals surface area (Å²) in [5, 5.41) is 5.51. The van der Waals surface area contributed by atoms with Gasteiger partial charge in [0.1, 0.15) is 0 Å². The number of imidazole rings is 1. The Balaban J connectivity index is 1.75. The topological polar surface area (TPSA) is 29.3 Å². The molecule has 1 fully saturated rings. The average Bonchev–Trinajstić information content (AvgIpc) is 2.69. The van der Waals surface area contributed by atoms with Crippen molar-refractivity contribution in [1.82, 2.24) is 14.7 Å². The summed E-state index contributed by atoms with van der Waals surface area (Å²) >= 11 is 1.70. The summed E-state index contributed by atoms with van der Waals surface area (Å²) in [6.45, 7) is 2.33. The molecule has 0 aliphatic heterocycles. The zero-order chi connectivity index (χ0) is 11.1. The zero-order valence-corrected chi connectivity index (χ0v) is 10.5. The predicted octanol–water partition coefficient (Wildman–Crippen LogP) is 2.18. The van der Waals surface area contributed by atoms with E-state index in [-0.39, 0.29) is 0 Å². The third kappa shape index (κ3) is 1.76. The molecule has 4 heteroatoms. The van der Waals surface area contributed by atoms with E-state index in [0.29, 0.717) is 6.04 Å². The molecule has 3 unspecified atom stereocenters. The third-order valence-corrected chi connectivity index (χ3v) is 4.40. The Morgan fingerprint density at radius 1 is 1.69 bits per heavy atom. The van der Waals surface area contributed by atoms with E-state index in [9.17, 15) is 0 Å². The molecule has 2 heterocycles. The Morgan fingerprint density at radius 3 is 3.12 bits per heavy atom. The SMILES string of the molecule is CNC(Cc1cn2ccsc2n1)C1CC1C. The van der Waals surface area contributed by atoms with Crippen molar-refractivity contribution in [2.24, 2.45) is 11.8 Å². The lowest BCUT2D eigenvalue weighted by atomic mass is 10.1. The molecule has 2 aromatic rings. The fraction of sp³-hybridized carbons (Fsp3) is 0.583. The maximum atomic E-state index is 4.64. The summed E-state index contributed by atoms with van der Waals surface area (Å²) in [6, 6.07) is 0.597. The minimum Gasteiger partial charge on any atom is -0.316 e. The Kier molecular flexibility index (Phi) is 2.48. The number of hydrogen-bond donors (Lipinski definition) is 1. The fourth-order valence-electron chi connectivity index (χ4n) is 2.48. The Bertz CT molecular complexity index is 459. The maximum Gasteiger partial charge on any atom is 0.193 e. The van der Waals surface area contributed by atoms with Gasteiger partial charge in [0.25, 0.3) is 0 Å². The van der Waals surface area contributed by atoms with Crippen LogP contribution in [0.5, 0.6) is 0 Å². The number of nitrogens with zero attached hydrogens (tertiary/aromatic N) is 2. The van der Waals surface area contributed by atoms with E-state index in [4.69, 9.17) is 0 Å². The second-order valence-electron chi connectivity index (χ2n) is 4.80. The molecule has 0 radical (unpaired) electrons. The van der Waals surface area contributed by atoms with Crippen molar-refractivity contribution in [2.45, 2.75) is 25.8 Å². The van der Waals surface area contributed by atoms with Gasteiger partial charge in [-0.25, -0.2) is 4.98 Å². The van der Waals surface area contributed by atoms with E-state index in [1.807, 2.05) is 0 Å². The monoisotopic (exact) mass is 235 g/mol. The molecule has 86 valence electrons. The van der Waals surface area contributed by atoms with Gasteiger partial charge in [-0.3, -0.25) is 4.40 Å². The van der Waals surface area contributed by atoms with Crippen LogP contribution in [0.3, 0.4) is 0 Å². The fourth-order valence-corrected chi connectivity index (χ4v) is 3.20. The van der Waals surface area contributed by atoms with E-state index in [0.717, 1.165) is 23.2 Å². The minimum absolute atomic E-state index is 0.597. The smallest absolute Gasteiger partial charge is 0.193 e. The lowest BCUT2D eigenvalue weighted by Crippen LogP contribution is -2.30. The van der Waals surface area contributed by atoms with E-state index >= 15 is 0 Å². The molecule has 3 rings (SSSR count). The number of rotatable bonds is 4. The number of fused-ring (bicyclic) bond motifs is 1. The predicted molar refractivity (Wildman–Crippen MR) is 66.9 cm³/mol. The quantitative estimate of drug-likeness (QED) is 0.880. The van der Waals surface area contributed by atoms with Crippen molar-refractivity contribution in [3.05, 3.63) is 23.5 Å². The minimum atomic E-state index is 0.597. The van der Waals surface area contributed by atoms with Gasteiger partial charge < -0.3 is 5.32 Å². The highest BCUT2D eigenvalue weighted by molar-refractivity contribution is 7.15. The molecule has 0 amide bonds. The lowest BCUT2D eigenvalue weighted by Gasteiger charge is -2.13. The Morgan fingerprint density at radius 2 is 2.50 bits per heavy atom. The molecule has 0 spiro atoms.